The molecule has 2 atom stereocenters. The molecule has 2 unspecified atom stereocenters. The van der Waals surface area contributed by atoms with Crippen molar-refractivity contribution < 1.29 is 14.3 Å². The summed E-state index contributed by atoms with van der Waals surface area (Å²) in [6, 6.07) is 0.445. The minimum absolute atomic E-state index is 0.295. The van der Waals surface area contributed by atoms with Crippen molar-refractivity contribution in [3.8, 4) is 0 Å². The van der Waals surface area contributed by atoms with Gasteiger partial charge in [-0.1, -0.05) is 0 Å². The molecule has 0 aromatic rings. The molecule has 0 radical (unpaired) electrons. The first-order chi connectivity index (χ1) is 7.08. The van der Waals surface area contributed by atoms with Crippen LogP contribution < -0.4 is 11.1 Å². The third-order valence-corrected chi connectivity index (χ3v) is 2.48. The minimum atomic E-state index is -0.717. The maximum atomic E-state index is 10.3. The van der Waals surface area contributed by atoms with Crippen LogP contribution in [-0.4, -0.2) is 37.5 Å². The molecule has 0 bridgehead atoms. The highest BCUT2D eigenvalue weighted by Crippen LogP contribution is 2.18. The lowest BCUT2D eigenvalue weighted by Crippen LogP contribution is -2.42. The average molecular weight is 216 g/mol. The standard InChI is InChI=1S/C10H20N2O3/c1-7-5-9(6-8(2)15-7)12-3-4-14-10(11)13/h7-9,12H,3-6H2,1-2H3,(H2,11,13). The van der Waals surface area contributed by atoms with Crippen LogP contribution in [0.1, 0.15) is 26.7 Å². The molecule has 1 aliphatic heterocycles. The van der Waals surface area contributed by atoms with Gasteiger partial charge in [-0.25, -0.2) is 4.79 Å². The zero-order valence-corrected chi connectivity index (χ0v) is 9.36. The Morgan fingerprint density at radius 3 is 2.60 bits per heavy atom. The minimum Gasteiger partial charge on any atom is -0.448 e. The summed E-state index contributed by atoms with van der Waals surface area (Å²) < 4.78 is 10.2. The van der Waals surface area contributed by atoms with E-state index in [0.29, 0.717) is 31.4 Å². The van der Waals surface area contributed by atoms with E-state index in [9.17, 15) is 4.79 Å². The highest BCUT2D eigenvalue weighted by atomic mass is 16.5. The van der Waals surface area contributed by atoms with Gasteiger partial charge in [0.15, 0.2) is 0 Å². The Labute approximate surface area is 90.3 Å². The van der Waals surface area contributed by atoms with Crippen LogP contribution >= 0.6 is 0 Å². The van der Waals surface area contributed by atoms with E-state index in [-0.39, 0.29) is 0 Å². The van der Waals surface area contributed by atoms with Crippen molar-refractivity contribution in [2.75, 3.05) is 13.2 Å². The zero-order chi connectivity index (χ0) is 11.3. The molecule has 1 aliphatic rings. The lowest BCUT2D eigenvalue weighted by Gasteiger charge is -2.32. The van der Waals surface area contributed by atoms with Gasteiger partial charge in [-0.3, -0.25) is 0 Å². The van der Waals surface area contributed by atoms with Gasteiger partial charge in [0.1, 0.15) is 6.61 Å². The fourth-order valence-corrected chi connectivity index (χ4v) is 1.99. The summed E-state index contributed by atoms with van der Waals surface area (Å²) in [4.78, 5) is 10.3. The molecule has 0 aromatic carbocycles. The summed E-state index contributed by atoms with van der Waals surface area (Å²) in [6.07, 6.45) is 1.87. The van der Waals surface area contributed by atoms with Crippen molar-refractivity contribution in [1.29, 1.82) is 0 Å². The third kappa shape index (κ3) is 4.99. The van der Waals surface area contributed by atoms with Crippen molar-refractivity contribution in [3.05, 3.63) is 0 Å². The Morgan fingerprint density at radius 1 is 1.47 bits per heavy atom. The van der Waals surface area contributed by atoms with E-state index in [1.807, 2.05) is 0 Å². The van der Waals surface area contributed by atoms with Gasteiger partial charge in [0.25, 0.3) is 0 Å². The molecule has 0 spiro atoms. The number of hydrogen-bond acceptors (Lipinski definition) is 4. The Balaban J connectivity index is 2.12. The van der Waals surface area contributed by atoms with Crippen molar-refractivity contribution in [2.24, 2.45) is 5.73 Å². The Kier molecular flexibility index (Phi) is 4.84. The topological polar surface area (TPSA) is 73.6 Å². The van der Waals surface area contributed by atoms with Crippen LogP contribution in [0.4, 0.5) is 4.79 Å². The highest BCUT2D eigenvalue weighted by Gasteiger charge is 2.23. The van der Waals surface area contributed by atoms with Gasteiger partial charge in [0.05, 0.1) is 12.2 Å². The summed E-state index contributed by atoms with van der Waals surface area (Å²) in [5.41, 5.74) is 4.85. The second kappa shape index (κ2) is 5.92. The second-order valence-electron chi connectivity index (χ2n) is 4.05. The predicted octanol–water partition coefficient (Wildman–Crippen LogP) is 0.627. The molecule has 1 fully saturated rings. The van der Waals surface area contributed by atoms with Crippen molar-refractivity contribution in [1.82, 2.24) is 5.32 Å². The second-order valence-corrected chi connectivity index (χ2v) is 4.05. The van der Waals surface area contributed by atoms with Gasteiger partial charge in [0, 0.05) is 12.6 Å². The first kappa shape index (κ1) is 12.3. The van der Waals surface area contributed by atoms with Crippen molar-refractivity contribution in [2.45, 2.75) is 44.9 Å². The molecule has 1 saturated heterocycles. The van der Waals surface area contributed by atoms with Crippen LogP contribution in [0.25, 0.3) is 0 Å². The van der Waals surface area contributed by atoms with E-state index >= 15 is 0 Å². The van der Waals surface area contributed by atoms with Crippen LogP contribution in [0.5, 0.6) is 0 Å². The van der Waals surface area contributed by atoms with Crippen LogP contribution in [0.3, 0.4) is 0 Å². The molecule has 1 rings (SSSR count). The van der Waals surface area contributed by atoms with Gasteiger partial charge < -0.3 is 20.5 Å². The molecule has 0 saturated carbocycles. The summed E-state index contributed by atoms with van der Waals surface area (Å²) in [5, 5.41) is 3.32. The van der Waals surface area contributed by atoms with Crippen molar-refractivity contribution in [3.63, 3.8) is 0 Å². The fraction of sp³-hybridized carbons (Fsp3) is 0.900. The number of nitrogens with one attached hydrogen (secondary N) is 1. The van der Waals surface area contributed by atoms with Gasteiger partial charge in [-0.05, 0) is 26.7 Å². The zero-order valence-electron chi connectivity index (χ0n) is 9.36. The van der Waals surface area contributed by atoms with E-state index in [1.165, 1.54) is 0 Å². The van der Waals surface area contributed by atoms with Crippen LogP contribution in [0.2, 0.25) is 0 Å². The number of carbonyl (C=O) groups is 1. The third-order valence-electron chi connectivity index (χ3n) is 2.48. The smallest absolute Gasteiger partial charge is 0.404 e. The molecule has 3 N–H and O–H groups in total. The number of rotatable bonds is 4. The molecule has 5 heteroatoms. The molecular formula is C10H20N2O3. The van der Waals surface area contributed by atoms with Crippen LogP contribution in [0.15, 0.2) is 0 Å². The maximum absolute atomic E-state index is 10.3. The summed E-state index contributed by atoms with van der Waals surface area (Å²) >= 11 is 0. The first-order valence-electron chi connectivity index (χ1n) is 5.39. The summed E-state index contributed by atoms with van der Waals surface area (Å²) in [7, 11) is 0. The van der Waals surface area contributed by atoms with E-state index in [1.54, 1.807) is 0 Å². The average Bonchev–Trinajstić information content (AvgIpc) is 2.10. The highest BCUT2D eigenvalue weighted by molar-refractivity contribution is 5.64. The lowest BCUT2D eigenvalue weighted by molar-refractivity contribution is -0.0424. The lowest BCUT2D eigenvalue weighted by atomic mass is 10.00. The number of hydrogen-bond donors (Lipinski definition) is 2. The molecule has 5 nitrogen and oxygen atoms in total. The summed E-state index contributed by atoms with van der Waals surface area (Å²) in [5.74, 6) is 0. The van der Waals surface area contributed by atoms with Gasteiger partial charge >= 0.3 is 6.09 Å². The van der Waals surface area contributed by atoms with Crippen molar-refractivity contribution >= 4 is 6.09 Å². The normalized spacial score (nSPS) is 31.2. The largest absolute Gasteiger partial charge is 0.448 e. The quantitative estimate of drug-likeness (QED) is 0.676. The molecule has 1 heterocycles. The molecular weight excluding hydrogens is 196 g/mol. The Morgan fingerprint density at radius 2 is 2.07 bits per heavy atom. The van der Waals surface area contributed by atoms with Crippen LogP contribution in [0, 0.1) is 0 Å². The first-order valence-corrected chi connectivity index (χ1v) is 5.39. The SMILES string of the molecule is CC1CC(NCCOC(N)=O)CC(C)O1. The van der Waals surface area contributed by atoms with E-state index < -0.39 is 6.09 Å². The maximum Gasteiger partial charge on any atom is 0.404 e. The molecule has 1 amide bonds. The van der Waals surface area contributed by atoms with Crippen LogP contribution in [-0.2, 0) is 9.47 Å². The summed E-state index contributed by atoms with van der Waals surface area (Å²) in [6.45, 7) is 5.12. The van der Waals surface area contributed by atoms with Gasteiger partial charge in [0.2, 0.25) is 0 Å². The Hall–Kier alpha value is -0.810. The molecule has 0 aliphatic carbocycles. The number of primary amides is 1. The van der Waals surface area contributed by atoms with Gasteiger partial charge in [-0.15, -0.1) is 0 Å². The van der Waals surface area contributed by atoms with E-state index in [0.717, 1.165) is 12.8 Å². The fourth-order valence-electron chi connectivity index (χ4n) is 1.99. The Bertz CT molecular complexity index is 201. The number of carbonyl (C=O) groups excluding carboxylic acids is 1. The van der Waals surface area contributed by atoms with E-state index in [2.05, 4.69) is 23.9 Å². The number of amides is 1. The predicted molar refractivity (Wildman–Crippen MR) is 56.6 cm³/mol. The molecule has 15 heavy (non-hydrogen) atoms. The molecule has 88 valence electrons. The van der Waals surface area contributed by atoms with Gasteiger partial charge in [-0.2, -0.15) is 0 Å². The monoisotopic (exact) mass is 216 g/mol. The number of nitrogens with two attached hydrogens (primary N) is 1. The number of ether oxygens (including phenoxy) is 2. The molecule has 0 aromatic heterocycles. The van der Waals surface area contributed by atoms with E-state index in [4.69, 9.17) is 10.5 Å².